The van der Waals surface area contributed by atoms with E-state index in [2.05, 4.69) is 18.7 Å². The van der Waals surface area contributed by atoms with Gasteiger partial charge < -0.3 is 14.6 Å². The van der Waals surface area contributed by atoms with Gasteiger partial charge in [0.1, 0.15) is 35.8 Å². The van der Waals surface area contributed by atoms with E-state index in [-0.39, 0.29) is 11.6 Å². The average Bonchev–Trinajstić information content (AvgIpc) is 3.29. The van der Waals surface area contributed by atoms with Crippen LogP contribution >= 0.6 is 0 Å². The van der Waals surface area contributed by atoms with E-state index in [1.54, 1.807) is 24.3 Å². The third-order valence-corrected chi connectivity index (χ3v) is 7.17. The van der Waals surface area contributed by atoms with E-state index in [1.807, 2.05) is 37.3 Å². The van der Waals surface area contributed by atoms with Gasteiger partial charge in [-0.25, -0.2) is 4.39 Å². The molecule has 182 valence electrons. The lowest BCUT2D eigenvalue weighted by atomic mass is 9.86. The quantitative estimate of drug-likeness (QED) is 0.432. The minimum Gasteiger partial charge on any atom is -0.508 e. The Morgan fingerprint density at radius 1 is 1.11 bits per heavy atom. The minimum absolute atomic E-state index is 0.169. The van der Waals surface area contributed by atoms with Gasteiger partial charge in [0.15, 0.2) is 0 Å². The van der Waals surface area contributed by atoms with Crippen LogP contribution in [-0.2, 0) is 0 Å². The molecule has 0 radical (unpaired) electrons. The number of allylic oxidation sites excluding steroid dienone is 1. The van der Waals surface area contributed by atoms with Gasteiger partial charge in [-0.15, -0.1) is 0 Å². The first-order chi connectivity index (χ1) is 16.9. The molecule has 0 bridgehead atoms. The number of phenols is 1. The molecular weight excluding hydrogens is 441 g/mol. The predicted molar refractivity (Wildman–Crippen MR) is 137 cm³/mol. The predicted octanol–water partition coefficient (Wildman–Crippen LogP) is 6.70. The number of hydrogen-bond donors (Lipinski definition) is 1. The number of aromatic hydroxyl groups is 1. The number of nitrogens with zero attached hydrogens (tertiary/aromatic N) is 1. The van der Waals surface area contributed by atoms with E-state index in [1.165, 1.54) is 18.6 Å². The van der Waals surface area contributed by atoms with Crippen molar-refractivity contribution < 1.29 is 19.0 Å². The molecule has 0 amide bonds. The van der Waals surface area contributed by atoms with Crippen LogP contribution in [0, 0.1) is 11.7 Å². The lowest BCUT2D eigenvalue weighted by molar-refractivity contribution is 0.169. The van der Waals surface area contributed by atoms with Crippen molar-refractivity contribution in [2.24, 2.45) is 5.92 Å². The Bertz CT molecular complexity index is 1240. The Kier molecular flexibility index (Phi) is 6.52. The lowest BCUT2D eigenvalue weighted by Gasteiger charge is -2.31. The molecular formula is C30H32FNO3. The molecule has 0 spiro atoms. The molecule has 0 aliphatic carbocycles. The van der Waals surface area contributed by atoms with Crippen molar-refractivity contribution in [3.05, 3.63) is 89.2 Å². The highest BCUT2D eigenvalue weighted by atomic mass is 19.1. The number of hydrogen-bond acceptors (Lipinski definition) is 4. The number of benzene rings is 3. The maximum atomic E-state index is 14.2. The molecule has 3 atom stereocenters. The second-order valence-corrected chi connectivity index (χ2v) is 9.85. The monoisotopic (exact) mass is 473 g/mol. The molecule has 1 fully saturated rings. The molecule has 3 aromatic carbocycles. The number of fused-ring (bicyclic) bond motifs is 1. The minimum atomic E-state index is -0.409. The largest absolute Gasteiger partial charge is 0.508 e. The normalized spacial score (nSPS) is 20.9. The number of halogens is 1. The summed E-state index contributed by atoms with van der Waals surface area (Å²) in [5, 5.41) is 10.0. The highest BCUT2D eigenvalue weighted by molar-refractivity contribution is 5.95. The molecule has 2 aliphatic heterocycles. The van der Waals surface area contributed by atoms with E-state index in [0.29, 0.717) is 18.4 Å². The Balaban J connectivity index is 1.41. The zero-order valence-electron chi connectivity index (χ0n) is 20.5. The summed E-state index contributed by atoms with van der Waals surface area (Å²) in [6, 6.07) is 20.0. The molecule has 35 heavy (non-hydrogen) atoms. The van der Waals surface area contributed by atoms with Crippen molar-refractivity contribution in [2.75, 3.05) is 19.7 Å². The number of rotatable bonds is 6. The maximum Gasteiger partial charge on any atom is 0.150 e. The molecule has 1 N–H and O–H groups in total. The van der Waals surface area contributed by atoms with Crippen LogP contribution in [0.5, 0.6) is 17.2 Å². The highest BCUT2D eigenvalue weighted by Crippen LogP contribution is 2.47. The van der Waals surface area contributed by atoms with Crippen molar-refractivity contribution >= 4 is 11.1 Å². The van der Waals surface area contributed by atoms with E-state index < -0.39 is 6.10 Å². The van der Waals surface area contributed by atoms with Crippen LogP contribution in [0.1, 0.15) is 50.0 Å². The van der Waals surface area contributed by atoms with Gasteiger partial charge in [0, 0.05) is 23.7 Å². The molecule has 0 aromatic heterocycles. The summed E-state index contributed by atoms with van der Waals surface area (Å²) in [7, 11) is 0. The van der Waals surface area contributed by atoms with Gasteiger partial charge in [-0.1, -0.05) is 31.2 Å². The van der Waals surface area contributed by atoms with E-state index in [4.69, 9.17) is 9.47 Å². The van der Waals surface area contributed by atoms with Gasteiger partial charge in [-0.2, -0.15) is 0 Å². The molecule has 1 unspecified atom stereocenters. The lowest BCUT2D eigenvalue weighted by Crippen LogP contribution is -2.35. The number of phenolic OH excluding ortho intramolecular Hbond substituents is 1. The second kappa shape index (κ2) is 9.74. The summed E-state index contributed by atoms with van der Waals surface area (Å²) in [4.78, 5) is 2.49. The second-order valence-electron chi connectivity index (χ2n) is 9.85. The zero-order valence-corrected chi connectivity index (χ0v) is 20.5. The van der Waals surface area contributed by atoms with Gasteiger partial charge in [-0.3, -0.25) is 4.90 Å². The Morgan fingerprint density at radius 3 is 2.63 bits per heavy atom. The fraction of sp³-hybridized carbons (Fsp3) is 0.333. The first-order valence-electron chi connectivity index (χ1n) is 12.3. The summed E-state index contributed by atoms with van der Waals surface area (Å²) < 4.78 is 26.7. The smallest absolute Gasteiger partial charge is 0.150 e. The highest BCUT2D eigenvalue weighted by Gasteiger charge is 2.30. The fourth-order valence-corrected chi connectivity index (χ4v) is 5.13. The first kappa shape index (κ1) is 23.4. The Labute approximate surface area is 206 Å². The van der Waals surface area contributed by atoms with Crippen molar-refractivity contribution in [1.29, 1.82) is 0 Å². The molecule has 4 nitrogen and oxygen atoms in total. The third-order valence-electron chi connectivity index (χ3n) is 7.17. The van der Waals surface area contributed by atoms with Gasteiger partial charge in [0.25, 0.3) is 0 Å². The molecule has 5 heteroatoms. The van der Waals surface area contributed by atoms with Crippen molar-refractivity contribution in [2.45, 2.75) is 39.3 Å². The van der Waals surface area contributed by atoms with Crippen molar-refractivity contribution in [1.82, 2.24) is 4.90 Å². The van der Waals surface area contributed by atoms with E-state index >= 15 is 0 Å². The van der Waals surface area contributed by atoms with Gasteiger partial charge >= 0.3 is 0 Å². The SMILES string of the molecule is CC1=C(c2cccc(F)c2)C(c2ccc(OC[C@H](C)N3CC[C@@H](C)C3)cc2)Oc2ccc(O)cc21. The summed E-state index contributed by atoms with van der Waals surface area (Å²) in [5.74, 6) is 2.14. The molecule has 0 saturated carbocycles. The maximum absolute atomic E-state index is 14.2. The fourth-order valence-electron chi connectivity index (χ4n) is 5.13. The first-order valence-corrected chi connectivity index (χ1v) is 12.3. The zero-order chi connectivity index (χ0) is 24.5. The van der Waals surface area contributed by atoms with Crippen LogP contribution in [0.4, 0.5) is 4.39 Å². The molecule has 3 aromatic rings. The Hall–Kier alpha value is -3.31. The topological polar surface area (TPSA) is 41.9 Å². The summed E-state index contributed by atoms with van der Waals surface area (Å²) in [6.07, 6.45) is 0.844. The summed E-state index contributed by atoms with van der Waals surface area (Å²) in [6.45, 7) is 9.43. The van der Waals surface area contributed by atoms with Gasteiger partial charge in [0.05, 0.1) is 0 Å². The van der Waals surface area contributed by atoms with Crippen LogP contribution in [0.25, 0.3) is 11.1 Å². The molecule has 5 rings (SSSR count). The van der Waals surface area contributed by atoms with Gasteiger partial charge in [0.2, 0.25) is 0 Å². The van der Waals surface area contributed by atoms with Gasteiger partial charge in [-0.05, 0) is 91.9 Å². The average molecular weight is 474 g/mol. The van der Waals surface area contributed by atoms with Crippen molar-refractivity contribution in [3.63, 3.8) is 0 Å². The Morgan fingerprint density at radius 2 is 1.91 bits per heavy atom. The van der Waals surface area contributed by atoms with Crippen LogP contribution in [0.3, 0.4) is 0 Å². The van der Waals surface area contributed by atoms with Crippen LogP contribution < -0.4 is 9.47 Å². The molecule has 2 aliphatic rings. The molecule has 2 heterocycles. The summed E-state index contributed by atoms with van der Waals surface area (Å²) >= 11 is 0. The number of ether oxygens (including phenoxy) is 2. The van der Waals surface area contributed by atoms with Crippen LogP contribution in [0.2, 0.25) is 0 Å². The van der Waals surface area contributed by atoms with E-state index in [9.17, 15) is 9.50 Å². The number of likely N-dealkylation sites (tertiary alicyclic amines) is 1. The van der Waals surface area contributed by atoms with E-state index in [0.717, 1.165) is 52.6 Å². The van der Waals surface area contributed by atoms with Crippen LogP contribution in [-0.4, -0.2) is 35.7 Å². The molecule has 1 saturated heterocycles. The van der Waals surface area contributed by atoms with Crippen molar-refractivity contribution in [3.8, 4) is 17.2 Å². The summed E-state index contributed by atoms with van der Waals surface area (Å²) in [5.41, 5.74) is 4.36. The standard InChI is InChI=1S/C30H32FNO3/c1-19-13-14-32(17-19)20(2)18-34-26-10-7-22(8-11-26)30-29(23-5-4-6-24(31)15-23)21(3)27-16-25(33)9-12-28(27)35-30/h4-12,15-16,19-20,30,33H,13-14,17-18H2,1-3H3/t19-,20+,30?/m1/s1. The van der Waals surface area contributed by atoms with Crippen LogP contribution in [0.15, 0.2) is 66.7 Å². The third kappa shape index (κ3) is 4.92.